The Labute approximate surface area is 106 Å². The van der Waals surface area contributed by atoms with Gasteiger partial charge in [0, 0.05) is 6.42 Å². The molecule has 1 unspecified atom stereocenters. The van der Waals surface area contributed by atoms with E-state index in [1.165, 1.54) is 0 Å². The zero-order valence-corrected chi connectivity index (χ0v) is 10.3. The summed E-state index contributed by atoms with van der Waals surface area (Å²) in [6, 6.07) is 0. The number of aliphatic hydroxyl groups excluding tert-OH is 1. The number of esters is 2. The Morgan fingerprint density at radius 1 is 1.22 bits per heavy atom. The molecule has 6 heteroatoms. The van der Waals surface area contributed by atoms with Gasteiger partial charge in [-0.25, -0.2) is 0 Å². The lowest BCUT2D eigenvalue weighted by atomic mass is 9.95. The van der Waals surface area contributed by atoms with Crippen molar-refractivity contribution >= 4 is 11.9 Å². The summed E-state index contributed by atoms with van der Waals surface area (Å²) in [5.41, 5.74) is 0. The lowest BCUT2D eigenvalue weighted by molar-refractivity contribution is -0.157. The van der Waals surface area contributed by atoms with Gasteiger partial charge in [-0.1, -0.05) is 0 Å². The predicted octanol–water partition coefficient (Wildman–Crippen LogP) is 0.354. The second-order valence-corrected chi connectivity index (χ2v) is 4.39. The molecule has 1 atom stereocenters. The van der Waals surface area contributed by atoms with Gasteiger partial charge in [0.15, 0.2) is 6.29 Å². The molecule has 0 aromatic rings. The molecular formula is C12H20O6. The first-order valence-corrected chi connectivity index (χ1v) is 6.28. The van der Waals surface area contributed by atoms with Crippen LogP contribution in [0.5, 0.6) is 0 Å². The summed E-state index contributed by atoms with van der Waals surface area (Å²) in [5.74, 6) is -0.826. The second-order valence-electron chi connectivity index (χ2n) is 4.39. The molecule has 18 heavy (non-hydrogen) atoms. The number of hydrogen-bond donors (Lipinski definition) is 2. The molecule has 1 aliphatic rings. The van der Waals surface area contributed by atoms with E-state index in [0.717, 1.165) is 0 Å². The molecular weight excluding hydrogens is 240 g/mol. The molecule has 0 bridgehead atoms. The van der Waals surface area contributed by atoms with E-state index in [9.17, 15) is 9.59 Å². The van der Waals surface area contributed by atoms with Crippen LogP contribution in [0.3, 0.4) is 0 Å². The molecule has 0 aliphatic carbocycles. The number of carbonyl (C=O) groups excluding carboxylic acids is 2. The van der Waals surface area contributed by atoms with E-state index in [-0.39, 0.29) is 37.5 Å². The highest BCUT2D eigenvalue weighted by molar-refractivity contribution is 5.73. The second kappa shape index (κ2) is 8.05. The van der Waals surface area contributed by atoms with Gasteiger partial charge in [0.1, 0.15) is 13.2 Å². The van der Waals surface area contributed by atoms with E-state index in [4.69, 9.17) is 19.7 Å². The highest BCUT2D eigenvalue weighted by atomic mass is 16.6. The summed E-state index contributed by atoms with van der Waals surface area (Å²) >= 11 is 0. The first-order valence-electron chi connectivity index (χ1n) is 6.28. The maximum atomic E-state index is 11.7. The first kappa shape index (κ1) is 14.9. The molecule has 1 fully saturated rings. The van der Waals surface area contributed by atoms with Gasteiger partial charge < -0.3 is 19.7 Å². The van der Waals surface area contributed by atoms with Crippen molar-refractivity contribution in [1.82, 2.24) is 0 Å². The largest absolute Gasteiger partial charge is 0.462 e. The number of aliphatic hydroxyl groups is 2. The molecule has 104 valence electrons. The van der Waals surface area contributed by atoms with Crippen LogP contribution in [0.4, 0.5) is 0 Å². The fourth-order valence-electron chi connectivity index (χ4n) is 1.91. The van der Waals surface area contributed by atoms with Crippen molar-refractivity contribution in [3.05, 3.63) is 0 Å². The molecule has 0 saturated carbocycles. The van der Waals surface area contributed by atoms with E-state index in [1.54, 1.807) is 0 Å². The number of hydrogen-bond acceptors (Lipinski definition) is 6. The van der Waals surface area contributed by atoms with E-state index in [2.05, 4.69) is 0 Å². The molecule has 2 N–H and O–H groups in total. The van der Waals surface area contributed by atoms with Crippen molar-refractivity contribution in [3.63, 3.8) is 0 Å². The van der Waals surface area contributed by atoms with Crippen LogP contribution in [0.2, 0.25) is 0 Å². The number of ether oxygens (including phenoxy) is 2. The summed E-state index contributed by atoms with van der Waals surface area (Å²) < 4.78 is 9.83. The quantitative estimate of drug-likeness (QED) is 0.560. The third-order valence-electron chi connectivity index (χ3n) is 2.87. The Balaban J connectivity index is 2.40. The van der Waals surface area contributed by atoms with E-state index in [0.29, 0.717) is 32.1 Å². The summed E-state index contributed by atoms with van der Waals surface area (Å²) in [6.07, 6.45) is 1.46. The Kier molecular flexibility index (Phi) is 6.67. The molecule has 1 rings (SSSR count). The van der Waals surface area contributed by atoms with Crippen LogP contribution in [-0.2, 0) is 19.1 Å². The van der Waals surface area contributed by atoms with Crippen molar-refractivity contribution in [2.45, 2.75) is 44.8 Å². The van der Waals surface area contributed by atoms with Crippen LogP contribution in [0.25, 0.3) is 0 Å². The topological polar surface area (TPSA) is 93.1 Å². The van der Waals surface area contributed by atoms with Crippen molar-refractivity contribution in [3.8, 4) is 0 Å². The summed E-state index contributed by atoms with van der Waals surface area (Å²) in [7, 11) is 0. The Morgan fingerprint density at radius 2 is 1.94 bits per heavy atom. The van der Waals surface area contributed by atoms with Gasteiger partial charge in [-0.2, -0.15) is 0 Å². The van der Waals surface area contributed by atoms with Crippen molar-refractivity contribution in [2.24, 2.45) is 5.92 Å². The smallest absolute Gasteiger partial charge is 0.309 e. The van der Waals surface area contributed by atoms with Gasteiger partial charge >= 0.3 is 11.9 Å². The van der Waals surface area contributed by atoms with Crippen LogP contribution >= 0.6 is 0 Å². The summed E-state index contributed by atoms with van der Waals surface area (Å²) in [5, 5.41) is 17.5. The molecule has 0 radical (unpaired) electrons. The zero-order chi connectivity index (χ0) is 13.4. The first-order chi connectivity index (χ1) is 8.59. The number of cyclic esters (lactones) is 2. The third kappa shape index (κ3) is 5.97. The average molecular weight is 260 g/mol. The SMILES string of the molecule is O=C1CCCC(CCCC(O)O)C(=O)OCCO1. The monoisotopic (exact) mass is 260 g/mol. The Bertz CT molecular complexity index is 276. The summed E-state index contributed by atoms with van der Waals surface area (Å²) in [6.45, 7) is 0.191. The van der Waals surface area contributed by atoms with Crippen molar-refractivity contribution in [1.29, 1.82) is 0 Å². The Hall–Kier alpha value is -1.14. The third-order valence-corrected chi connectivity index (χ3v) is 2.87. The zero-order valence-electron chi connectivity index (χ0n) is 10.3. The minimum Gasteiger partial charge on any atom is -0.462 e. The van der Waals surface area contributed by atoms with Gasteiger partial charge in [0.05, 0.1) is 5.92 Å². The van der Waals surface area contributed by atoms with E-state index < -0.39 is 6.29 Å². The van der Waals surface area contributed by atoms with Gasteiger partial charge in [0.2, 0.25) is 0 Å². The molecule has 1 saturated heterocycles. The predicted molar refractivity (Wildman–Crippen MR) is 61.3 cm³/mol. The average Bonchev–Trinajstić information content (AvgIpc) is 2.31. The Morgan fingerprint density at radius 3 is 2.67 bits per heavy atom. The van der Waals surface area contributed by atoms with Gasteiger partial charge in [-0.05, 0) is 32.1 Å². The van der Waals surface area contributed by atoms with Crippen molar-refractivity contribution in [2.75, 3.05) is 13.2 Å². The van der Waals surface area contributed by atoms with Gasteiger partial charge in [0.25, 0.3) is 0 Å². The summed E-state index contributed by atoms with van der Waals surface area (Å²) in [4.78, 5) is 22.9. The van der Waals surface area contributed by atoms with Crippen LogP contribution < -0.4 is 0 Å². The molecule has 6 nitrogen and oxygen atoms in total. The highest BCUT2D eigenvalue weighted by Gasteiger charge is 2.21. The van der Waals surface area contributed by atoms with Gasteiger partial charge in [-0.3, -0.25) is 9.59 Å². The fraction of sp³-hybridized carbons (Fsp3) is 0.833. The minimum absolute atomic E-state index is 0.0870. The minimum atomic E-state index is -1.34. The van der Waals surface area contributed by atoms with Crippen LogP contribution in [0, 0.1) is 5.92 Å². The molecule has 1 heterocycles. The highest BCUT2D eigenvalue weighted by Crippen LogP contribution is 2.19. The standard InChI is InChI=1S/C12H20O6/c13-10(14)5-1-3-9-4-2-6-11(15)17-7-8-18-12(9)16/h9-10,13-14H,1-8H2. The van der Waals surface area contributed by atoms with E-state index >= 15 is 0 Å². The lowest BCUT2D eigenvalue weighted by Gasteiger charge is -2.17. The van der Waals surface area contributed by atoms with Crippen LogP contribution in [-0.4, -0.2) is 41.7 Å². The fourth-order valence-corrected chi connectivity index (χ4v) is 1.91. The van der Waals surface area contributed by atoms with Crippen LogP contribution in [0.1, 0.15) is 38.5 Å². The molecule has 0 aromatic carbocycles. The molecule has 0 aromatic heterocycles. The lowest BCUT2D eigenvalue weighted by Crippen LogP contribution is -2.23. The van der Waals surface area contributed by atoms with Gasteiger partial charge in [-0.15, -0.1) is 0 Å². The van der Waals surface area contributed by atoms with Crippen molar-refractivity contribution < 1.29 is 29.3 Å². The normalized spacial score (nSPS) is 22.5. The maximum absolute atomic E-state index is 11.7. The van der Waals surface area contributed by atoms with E-state index in [1.807, 2.05) is 0 Å². The maximum Gasteiger partial charge on any atom is 0.309 e. The molecule has 1 aliphatic heterocycles. The molecule has 0 spiro atoms. The number of carbonyl (C=O) groups is 2. The van der Waals surface area contributed by atoms with Crippen LogP contribution in [0.15, 0.2) is 0 Å². The molecule has 0 amide bonds. The number of rotatable bonds is 4.